The average Bonchev–Trinajstić information content (AvgIpc) is 2.84. The van der Waals surface area contributed by atoms with E-state index in [0.29, 0.717) is 6.54 Å². The van der Waals surface area contributed by atoms with Crippen LogP contribution in [0.2, 0.25) is 0 Å². The first kappa shape index (κ1) is 19.3. The Bertz CT molecular complexity index is 510. The van der Waals surface area contributed by atoms with E-state index in [1.165, 1.54) is 0 Å². The van der Waals surface area contributed by atoms with Crippen LogP contribution in [0.25, 0.3) is 0 Å². The fraction of sp³-hybridized carbons (Fsp3) is 0.800. The van der Waals surface area contributed by atoms with Gasteiger partial charge in [0.15, 0.2) is 0 Å². The van der Waals surface area contributed by atoms with Gasteiger partial charge in [-0.2, -0.15) is 0 Å². The van der Waals surface area contributed by atoms with Crippen LogP contribution in [0.5, 0.6) is 0 Å². The summed E-state index contributed by atoms with van der Waals surface area (Å²) in [5.41, 5.74) is 5.88. The molecule has 0 aromatic carbocycles. The molecule has 0 radical (unpaired) electrons. The monoisotopic (exact) mass is 346 g/mol. The van der Waals surface area contributed by atoms with Crippen molar-refractivity contribution in [3.63, 3.8) is 0 Å². The highest BCUT2D eigenvalue weighted by Gasteiger charge is 2.37. The standard InChI is InChI=1S/C15H26N4OS.ClH/c1-14(2,3)13-19-18-11(21-13)9-17-12(20)10-7-5-6-8-15(10,4)16;/h10H,5-9,16H2,1-4H3,(H,17,20);1H. The number of hydrogen-bond acceptors (Lipinski definition) is 5. The highest BCUT2D eigenvalue weighted by molar-refractivity contribution is 7.11. The Kier molecular flexibility index (Phi) is 6.36. The zero-order valence-electron chi connectivity index (χ0n) is 13.8. The summed E-state index contributed by atoms with van der Waals surface area (Å²) in [5, 5.41) is 13.2. The maximum atomic E-state index is 12.4. The van der Waals surface area contributed by atoms with E-state index in [1.54, 1.807) is 11.3 Å². The highest BCUT2D eigenvalue weighted by atomic mass is 35.5. The predicted molar refractivity (Wildman–Crippen MR) is 92.3 cm³/mol. The zero-order valence-corrected chi connectivity index (χ0v) is 15.4. The highest BCUT2D eigenvalue weighted by Crippen LogP contribution is 2.32. The van der Waals surface area contributed by atoms with Crippen LogP contribution in [0.3, 0.4) is 0 Å². The molecule has 0 aliphatic heterocycles. The fourth-order valence-corrected chi connectivity index (χ4v) is 3.54. The van der Waals surface area contributed by atoms with E-state index in [0.717, 1.165) is 35.7 Å². The zero-order chi connectivity index (χ0) is 15.7. The molecule has 2 unspecified atom stereocenters. The lowest BCUT2D eigenvalue weighted by atomic mass is 9.74. The van der Waals surface area contributed by atoms with Gasteiger partial charge in [0.25, 0.3) is 0 Å². The molecule has 0 saturated heterocycles. The van der Waals surface area contributed by atoms with E-state index >= 15 is 0 Å². The Balaban J connectivity index is 0.00000242. The van der Waals surface area contributed by atoms with Crippen LogP contribution in [-0.4, -0.2) is 21.6 Å². The van der Waals surface area contributed by atoms with Crippen LogP contribution in [0.1, 0.15) is 63.4 Å². The molecule has 2 rings (SSSR count). The van der Waals surface area contributed by atoms with Gasteiger partial charge in [0.2, 0.25) is 5.91 Å². The molecule has 7 heteroatoms. The second kappa shape index (κ2) is 7.23. The van der Waals surface area contributed by atoms with Gasteiger partial charge in [-0.25, -0.2) is 0 Å². The van der Waals surface area contributed by atoms with E-state index in [2.05, 4.69) is 36.3 Å². The number of nitrogens with one attached hydrogen (secondary N) is 1. The summed E-state index contributed by atoms with van der Waals surface area (Å²) in [6, 6.07) is 0. The van der Waals surface area contributed by atoms with Crippen molar-refractivity contribution in [3.8, 4) is 0 Å². The van der Waals surface area contributed by atoms with E-state index < -0.39 is 0 Å². The number of amides is 1. The number of nitrogens with two attached hydrogens (primary N) is 1. The van der Waals surface area contributed by atoms with E-state index in [1.807, 2.05) is 6.92 Å². The molecule has 3 N–H and O–H groups in total. The lowest BCUT2D eigenvalue weighted by molar-refractivity contribution is -0.128. The second-order valence-corrected chi connectivity index (χ2v) is 8.34. The SMILES string of the molecule is CC(C)(C)c1nnc(CNC(=O)C2CCCCC2(C)N)s1.Cl. The van der Waals surface area contributed by atoms with Crippen LogP contribution in [-0.2, 0) is 16.8 Å². The van der Waals surface area contributed by atoms with Gasteiger partial charge in [-0.05, 0) is 19.8 Å². The molecule has 2 atom stereocenters. The lowest BCUT2D eigenvalue weighted by Crippen LogP contribution is -2.52. The summed E-state index contributed by atoms with van der Waals surface area (Å²) < 4.78 is 0. The van der Waals surface area contributed by atoms with Gasteiger partial charge in [0.05, 0.1) is 12.5 Å². The minimum Gasteiger partial charge on any atom is -0.349 e. The first-order valence-electron chi connectivity index (χ1n) is 7.59. The van der Waals surface area contributed by atoms with Crippen LogP contribution >= 0.6 is 23.7 Å². The summed E-state index contributed by atoms with van der Waals surface area (Å²) in [6.07, 6.45) is 3.99. The molecule has 0 bridgehead atoms. The molecule has 1 saturated carbocycles. The number of carbonyl (C=O) groups excluding carboxylic acids is 1. The minimum atomic E-state index is -0.389. The molecule has 22 heavy (non-hydrogen) atoms. The smallest absolute Gasteiger partial charge is 0.225 e. The van der Waals surface area contributed by atoms with Crippen molar-refractivity contribution in [3.05, 3.63) is 10.0 Å². The van der Waals surface area contributed by atoms with Crippen molar-refractivity contribution in [2.24, 2.45) is 11.7 Å². The first-order valence-corrected chi connectivity index (χ1v) is 8.41. The van der Waals surface area contributed by atoms with Crippen LogP contribution in [0.4, 0.5) is 0 Å². The summed E-state index contributed by atoms with van der Waals surface area (Å²) in [6.45, 7) is 8.76. The summed E-state index contributed by atoms with van der Waals surface area (Å²) in [5.74, 6) is -0.0477. The molecule has 5 nitrogen and oxygen atoms in total. The molecule has 1 aliphatic carbocycles. The second-order valence-electron chi connectivity index (χ2n) is 7.27. The van der Waals surface area contributed by atoms with Gasteiger partial charge in [-0.3, -0.25) is 4.79 Å². The average molecular weight is 347 g/mol. The topological polar surface area (TPSA) is 80.9 Å². The third-order valence-corrected chi connectivity index (χ3v) is 5.44. The Morgan fingerprint density at radius 3 is 2.64 bits per heavy atom. The first-order chi connectivity index (χ1) is 9.70. The van der Waals surface area contributed by atoms with Crippen molar-refractivity contribution >= 4 is 29.7 Å². The van der Waals surface area contributed by atoms with Crippen molar-refractivity contribution in [1.29, 1.82) is 0 Å². The molecular weight excluding hydrogens is 320 g/mol. The molecule has 1 fully saturated rings. The van der Waals surface area contributed by atoms with E-state index in [-0.39, 0.29) is 35.2 Å². The lowest BCUT2D eigenvalue weighted by Gasteiger charge is -2.37. The van der Waals surface area contributed by atoms with Crippen molar-refractivity contribution in [2.45, 2.75) is 70.9 Å². The van der Waals surface area contributed by atoms with Crippen LogP contribution in [0.15, 0.2) is 0 Å². The summed E-state index contributed by atoms with van der Waals surface area (Å²) in [4.78, 5) is 12.4. The van der Waals surface area contributed by atoms with Crippen LogP contribution in [0, 0.1) is 5.92 Å². The maximum absolute atomic E-state index is 12.4. The molecule has 126 valence electrons. The number of hydrogen-bond donors (Lipinski definition) is 2. The largest absolute Gasteiger partial charge is 0.349 e. The van der Waals surface area contributed by atoms with Gasteiger partial charge < -0.3 is 11.1 Å². The molecule has 1 aromatic heterocycles. The van der Waals surface area contributed by atoms with Gasteiger partial charge in [0, 0.05) is 11.0 Å². The maximum Gasteiger partial charge on any atom is 0.225 e. The Morgan fingerprint density at radius 2 is 2.09 bits per heavy atom. The van der Waals surface area contributed by atoms with E-state index in [4.69, 9.17) is 5.73 Å². The Morgan fingerprint density at radius 1 is 1.41 bits per heavy atom. The third kappa shape index (κ3) is 4.64. The molecule has 1 amide bonds. The number of nitrogens with zero attached hydrogens (tertiary/aromatic N) is 2. The number of rotatable bonds is 3. The van der Waals surface area contributed by atoms with Gasteiger partial charge in [0.1, 0.15) is 10.0 Å². The number of aromatic nitrogens is 2. The van der Waals surface area contributed by atoms with Crippen molar-refractivity contribution < 1.29 is 4.79 Å². The van der Waals surface area contributed by atoms with Crippen LogP contribution < -0.4 is 11.1 Å². The van der Waals surface area contributed by atoms with Gasteiger partial charge >= 0.3 is 0 Å². The molecule has 0 spiro atoms. The molecule has 1 heterocycles. The normalized spacial score (nSPS) is 25.4. The molecular formula is C15H27ClN4OS. The Labute approximate surface area is 142 Å². The number of carbonyl (C=O) groups is 1. The Hall–Kier alpha value is -0.720. The molecule has 1 aromatic rings. The number of halogens is 1. The van der Waals surface area contributed by atoms with Crippen molar-refractivity contribution in [2.75, 3.05) is 0 Å². The van der Waals surface area contributed by atoms with Crippen molar-refractivity contribution in [1.82, 2.24) is 15.5 Å². The van der Waals surface area contributed by atoms with E-state index in [9.17, 15) is 4.79 Å². The minimum absolute atomic E-state index is 0. The molecule has 1 aliphatic rings. The van der Waals surface area contributed by atoms with Gasteiger partial charge in [-0.1, -0.05) is 44.9 Å². The predicted octanol–water partition coefficient (Wildman–Crippen LogP) is 2.78. The quantitative estimate of drug-likeness (QED) is 0.881. The third-order valence-electron chi connectivity index (χ3n) is 4.09. The van der Waals surface area contributed by atoms with Gasteiger partial charge in [-0.15, -0.1) is 22.6 Å². The summed E-state index contributed by atoms with van der Waals surface area (Å²) >= 11 is 1.56. The fourth-order valence-electron chi connectivity index (χ4n) is 2.70. The summed E-state index contributed by atoms with van der Waals surface area (Å²) in [7, 11) is 0.